The molecule has 0 bridgehead atoms. The van der Waals surface area contributed by atoms with E-state index >= 15 is 0 Å². The molecule has 0 amide bonds. The Bertz CT molecular complexity index is 936. The lowest BCUT2D eigenvalue weighted by Crippen LogP contribution is -2.22. The maximum absolute atomic E-state index is 12.7. The molecule has 0 aromatic carbocycles. The van der Waals surface area contributed by atoms with Gasteiger partial charge in [0.2, 0.25) is 5.43 Å². The maximum Gasteiger partial charge on any atom is 0.341 e. The molecule has 7 heteroatoms. The highest BCUT2D eigenvalue weighted by Gasteiger charge is 2.20. The number of carboxylic acids is 1. The van der Waals surface area contributed by atoms with Gasteiger partial charge in [-0.05, 0) is 44.6 Å². The number of allylic oxidation sites excluding steroid dienone is 2. The van der Waals surface area contributed by atoms with Crippen molar-refractivity contribution >= 4 is 18.1 Å². The molecule has 2 N–H and O–H groups in total. The topological polar surface area (TPSA) is 102 Å². The van der Waals surface area contributed by atoms with Gasteiger partial charge in [-0.2, -0.15) is 0 Å². The summed E-state index contributed by atoms with van der Waals surface area (Å²) in [5.74, 6) is -0.457. The third kappa shape index (κ3) is 4.84. The van der Waals surface area contributed by atoms with Crippen LogP contribution < -0.4 is 14.9 Å². The predicted molar refractivity (Wildman–Crippen MR) is 103 cm³/mol. The number of hydrogen-bond acceptors (Lipinski definition) is 5. The fourth-order valence-corrected chi connectivity index (χ4v) is 2.42. The molecular weight excluding hydrogens is 348 g/mol. The minimum absolute atomic E-state index is 0.142. The van der Waals surface area contributed by atoms with Crippen molar-refractivity contribution < 1.29 is 19.4 Å². The van der Waals surface area contributed by atoms with Gasteiger partial charge in [-0.3, -0.25) is 9.78 Å². The quantitative estimate of drug-likeness (QED) is 0.726. The Labute approximate surface area is 157 Å². The van der Waals surface area contributed by atoms with E-state index in [4.69, 9.17) is 9.47 Å². The molecule has 2 rings (SSSR count). The van der Waals surface area contributed by atoms with Gasteiger partial charge < -0.3 is 19.6 Å². The molecule has 0 radical (unpaired) electrons. The average Bonchev–Trinajstić information content (AvgIpc) is 2.64. The Morgan fingerprint density at radius 1 is 1.22 bits per heavy atom. The number of methoxy groups -OCH3 is 2. The van der Waals surface area contributed by atoms with Crippen molar-refractivity contribution in [1.29, 1.82) is 0 Å². The molecule has 27 heavy (non-hydrogen) atoms. The zero-order chi connectivity index (χ0) is 20.0. The van der Waals surface area contributed by atoms with E-state index in [0.29, 0.717) is 11.4 Å². The molecule has 7 nitrogen and oxygen atoms in total. The van der Waals surface area contributed by atoms with Crippen LogP contribution in [0, 0.1) is 0 Å². The molecule has 2 aromatic heterocycles. The minimum Gasteiger partial charge on any atom is -0.495 e. The van der Waals surface area contributed by atoms with E-state index in [1.807, 2.05) is 19.9 Å². The number of pyridine rings is 2. The first-order chi connectivity index (χ1) is 12.9. The van der Waals surface area contributed by atoms with Gasteiger partial charge >= 0.3 is 5.97 Å². The maximum atomic E-state index is 12.7. The highest BCUT2D eigenvalue weighted by molar-refractivity contribution is 5.92. The Morgan fingerprint density at radius 3 is 2.48 bits per heavy atom. The van der Waals surface area contributed by atoms with Crippen molar-refractivity contribution in [3.63, 3.8) is 0 Å². The molecule has 0 saturated carbocycles. The lowest BCUT2D eigenvalue weighted by molar-refractivity contribution is 0.0694. The van der Waals surface area contributed by atoms with Gasteiger partial charge in [0.1, 0.15) is 11.3 Å². The third-order valence-corrected chi connectivity index (χ3v) is 3.84. The minimum atomic E-state index is -1.31. The summed E-state index contributed by atoms with van der Waals surface area (Å²) in [6, 6.07) is 3.45. The second-order valence-corrected chi connectivity index (χ2v) is 6.00. The van der Waals surface area contributed by atoms with Crippen LogP contribution in [0.15, 0.2) is 34.8 Å². The van der Waals surface area contributed by atoms with E-state index in [1.165, 1.54) is 13.2 Å². The first-order valence-corrected chi connectivity index (χ1v) is 8.25. The van der Waals surface area contributed by atoms with Crippen LogP contribution in [-0.4, -0.2) is 35.3 Å². The number of ether oxygens (including phenoxy) is 2. The fraction of sp³-hybridized carbons (Fsp3) is 0.250. The van der Waals surface area contributed by atoms with Gasteiger partial charge in [-0.15, -0.1) is 0 Å². The summed E-state index contributed by atoms with van der Waals surface area (Å²) >= 11 is 0. The summed E-state index contributed by atoms with van der Waals surface area (Å²) in [7, 11) is 2.97. The molecule has 0 unspecified atom stereocenters. The van der Waals surface area contributed by atoms with Gasteiger partial charge in [0.05, 0.1) is 37.4 Å². The summed E-state index contributed by atoms with van der Waals surface area (Å²) in [5, 5.41) is 9.54. The second kappa shape index (κ2) is 8.84. The average molecular weight is 370 g/mol. The van der Waals surface area contributed by atoms with Crippen LogP contribution in [0.2, 0.25) is 0 Å². The number of H-pyrrole nitrogens is 1. The van der Waals surface area contributed by atoms with Crippen molar-refractivity contribution in [1.82, 2.24) is 9.97 Å². The van der Waals surface area contributed by atoms with Gasteiger partial charge in [0.15, 0.2) is 5.88 Å². The number of carbonyl (C=O) groups is 1. The monoisotopic (exact) mass is 370 g/mol. The second-order valence-electron chi connectivity index (χ2n) is 6.00. The fourth-order valence-electron chi connectivity index (χ4n) is 2.42. The van der Waals surface area contributed by atoms with Crippen LogP contribution in [0.4, 0.5) is 0 Å². The molecule has 2 aromatic rings. The molecule has 0 aliphatic rings. The number of aromatic carboxylic acids is 1. The van der Waals surface area contributed by atoms with Crippen molar-refractivity contribution in [2.24, 2.45) is 0 Å². The SMILES string of the molecule is COc1ccc(/C=C\c2[nH]c(OC)c(CC=C(C)C)c(=O)c2C(=O)O)nc1. The number of nitrogens with one attached hydrogen (secondary N) is 1. The first kappa shape index (κ1) is 20.0. The van der Waals surface area contributed by atoms with E-state index in [-0.39, 0.29) is 29.1 Å². The first-order valence-electron chi connectivity index (χ1n) is 8.25. The largest absolute Gasteiger partial charge is 0.495 e. The number of nitrogens with zero attached hydrogens (tertiary/aromatic N) is 1. The molecule has 0 atom stereocenters. The molecule has 0 saturated heterocycles. The lowest BCUT2D eigenvalue weighted by Gasteiger charge is -2.11. The van der Waals surface area contributed by atoms with Gasteiger partial charge in [-0.25, -0.2) is 4.79 Å². The van der Waals surface area contributed by atoms with Gasteiger partial charge in [-0.1, -0.05) is 11.6 Å². The van der Waals surface area contributed by atoms with Gasteiger partial charge in [0.25, 0.3) is 0 Å². The van der Waals surface area contributed by atoms with Crippen LogP contribution >= 0.6 is 0 Å². The molecule has 0 fully saturated rings. The summed E-state index contributed by atoms with van der Waals surface area (Å²) in [6.07, 6.45) is 6.77. The van der Waals surface area contributed by atoms with Gasteiger partial charge in [0, 0.05) is 0 Å². The van der Waals surface area contributed by atoms with Crippen LogP contribution in [0.3, 0.4) is 0 Å². The number of rotatable bonds is 7. The number of aromatic nitrogens is 2. The summed E-state index contributed by atoms with van der Waals surface area (Å²) in [6.45, 7) is 3.80. The highest BCUT2D eigenvalue weighted by Crippen LogP contribution is 2.19. The van der Waals surface area contributed by atoms with E-state index < -0.39 is 11.4 Å². The van der Waals surface area contributed by atoms with E-state index in [0.717, 1.165) is 5.57 Å². The van der Waals surface area contributed by atoms with E-state index in [2.05, 4.69) is 9.97 Å². The zero-order valence-electron chi connectivity index (χ0n) is 15.7. The lowest BCUT2D eigenvalue weighted by atomic mass is 10.0. The standard InChI is InChI=1S/C20H22N2O5/c1-12(2)5-9-15-18(23)17(20(24)25)16(22-19(15)27-4)10-7-13-6-8-14(26-3)11-21-13/h5-8,10-11H,9H2,1-4H3,(H,22,23)(H,24,25)/b10-7-. The Kier molecular flexibility index (Phi) is 6.54. The van der Waals surface area contributed by atoms with Crippen molar-refractivity contribution in [3.8, 4) is 11.6 Å². The normalized spacial score (nSPS) is 10.7. The Hall–Kier alpha value is -3.35. The molecule has 2 heterocycles. The molecule has 142 valence electrons. The van der Waals surface area contributed by atoms with Crippen molar-refractivity contribution in [2.75, 3.05) is 14.2 Å². The Morgan fingerprint density at radius 2 is 1.96 bits per heavy atom. The molecule has 0 spiro atoms. The van der Waals surface area contributed by atoms with Crippen LogP contribution in [0.25, 0.3) is 12.2 Å². The smallest absolute Gasteiger partial charge is 0.341 e. The van der Waals surface area contributed by atoms with Crippen LogP contribution in [-0.2, 0) is 6.42 Å². The number of carboxylic acid groups (broad SMARTS) is 1. The van der Waals surface area contributed by atoms with Crippen molar-refractivity contribution in [3.05, 3.63) is 62.7 Å². The molecular formula is C20H22N2O5. The van der Waals surface area contributed by atoms with Crippen molar-refractivity contribution in [2.45, 2.75) is 20.3 Å². The Balaban J connectivity index is 2.53. The molecule has 0 aliphatic heterocycles. The van der Waals surface area contributed by atoms with E-state index in [9.17, 15) is 14.7 Å². The highest BCUT2D eigenvalue weighted by atomic mass is 16.5. The number of hydrogen-bond donors (Lipinski definition) is 2. The summed E-state index contributed by atoms with van der Waals surface area (Å²) < 4.78 is 10.3. The number of aromatic amines is 1. The predicted octanol–water partition coefficient (Wildman–Crippen LogP) is 3.16. The molecule has 0 aliphatic carbocycles. The van der Waals surface area contributed by atoms with E-state index in [1.54, 1.807) is 31.5 Å². The van der Waals surface area contributed by atoms with Crippen LogP contribution in [0.5, 0.6) is 11.6 Å². The zero-order valence-corrected chi connectivity index (χ0v) is 15.7. The van der Waals surface area contributed by atoms with Crippen LogP contribution in [0.1, 0.15) is 41.2 Å². The third-order valence-electron chi connectivity index (χ3n) is 3.84. The summed E-state index contributed by atoms with van der Waals surface area (Å²) in [5.41, 5.74) is 1.11. The summed E-state index contributed by atoms with van der Waals surface area (Å²) in [4.78, 5) is 31.5.